The molecule has 1 unspecified atom stereocenters. The van der Waals surface area contributed by atoms with Gasteiger partial charge in [0.25, 0.3) is 10.0 Å². The molecule has 0 fully saturated rings. The monoisotopic (exact) mass is 649 g/mol. The molecule has 0 aromatic heterocycles. The van der Waals surface area contributed by atoms with Crippen molar-refractivity contribution in [3.8, 4) is 5.75 Å². The summed E-state index contributed by atoms with van der Waals surface area (Å²) >= 11 is 3.43. The molecule has 4 rings (SSSR count). The van der Waals surface area contributed by atoms with E-state index in [2.05, 4.69) is 21.2 Å². The Morgan fingerprint density at radius 3 is 2.00 bits per heavy atom. The van der Waals surface area contributed by atoms with Crippen molar-refractivity contribution < 1.29 is 22.7 Å². The molecule has 218 valence electrons. The fourth-order valence-electron chi connectivity index (χ4n) is 4.50. The van der Waals surface area contributed by atoms with Crippen LogP contribution in [0.3, 0.4) is 0 Å². The molecular formula is C32H32BrN3O5S. The fourth-order valence-corrected chi connectivity index (χ4v) is 6.20. The Morgan fingerprint density at radius 1 is 0.833 bits per heavy atom. The summed E-state index contributed by atoms with van der Waals surface area (Å²) < 4.78 is 35.1. The van der Waals surface area contributed by atoms with Crippen LogP contribution in [-0.4, -0.2) is 51.9 Å². The highest BCUT2D eigenvalue weighted by atomic mass is 79.9. The summed E-state index contributed by atoms with van der Waals surface area (Å²) in [6.45, 7) is -0.429. The van der Waals surface area contributed by atoms with E-state index in [1.165, 1.54) is 31.2 Å². The summed E-state index contributed by atoms with van der Waals surface area (Å²) in [4.78, 5) is 29.0. The molecule has 1 N–H and O–H groups in total. The van der Waals surface area contributed by atoms with E-state index < -0.39 is 28.5 Å². The van der Waals surface area contributed by atoms with Gasteiger partial charge in [-0.1, -0.05) is 76.6 Å². The molecule has 0 radical (unpaired) electrons. The zero-order valence-electron chi connectivity index (χ0n) is 23.3. The normalized spacial score (nSPS) is 11.8. The fraction of sp³-hybridized carbons (Fsp3) is 0.188. The number of hydrogen-bond acceptors (Lipinski definition) is 5. The van der Waals surface area contributed by atoms with Crippen LogP contribution in [0.15, 0.2) is 119 Å². The van der Waals surface area contributed by atoms with Crippen LogP contribution in [0.4, 0.5) is 5.69 Å². The lowest BCUT2D eigenvalue weighted by atomic mass is 10.0. The minimum atomic E-state index is -4.15. The Kier molecular flexibility index (Phi) is 10.4. The number of amides is 2. The summed E-state index contributed by atoms with van der Waals surface area (Å²) in [5.41, 5.74) is 1.94. The number of carbonyl (C=O) groups excluding carboxylic acids is 2. The number of hydrogen-bond donors (Lipinski definition) is 1. The number of halogens is 1. The minimum Gasteiger partial charge on any atom is -0.497 e. The number of carbonyl (C=O) groups is 2. The SMILES string of the molecule is CNC(=O)C(Cc1ccccc1)N(Cc1ccc(Br)cc1)C(=O)CN(c1ccc(OC)cc1)S(=O)(=O)c1ccccc1. The zero-order valence-corrected chi connectivity index (χ0v) is 25.7. The molecular weight excluding hydrogens is 618 g/mol. The molecule has 0 spiro atoms. The highest BCUT2D eigenvalue weighted by molar-refractivity contribution is 9.10. The largest absolute Gasteiger partial charge is 0.497 e. The molecule has 0 aliphatic carbocycles. The predicted molar refractivity (Wildman–Crippen MR) is 167 cm³/mol. The first-order chi connectivity index (χ1) is 20.2. The number of likely N-dealkylation sites (N-methyl/N-ethyl adjacent to an activating group) is 1. The highest BCUT2D eigenvalue weighted by Gasteiger charge is 2.34. The highest BCUT2D eigenvalue weighted by Crippen LogP contribution is 2.27. The van der Waals surface area contributed by atoms with E-state index in [1.807, 2.05) is 54.6 Å². The summed E-state index contributed by atoms with van der Waals surface area (Å²) in [6, 6.07) is 30.3. The minimum absolute atomic E-state index is 0.0419. The average Bonchev–Trinajstić information content (AvgIpc) is 3.03. The number of sulfonamides is 1. The van der Waals surface area contributed by atoms with Gasteiger partial charge in [0.15, 0.2) is 0 Å². The Hall–Kier alpha value is -4.15. The van der Waals surface area contributed by atoms with Gasteiger partial charge < -0.3 is 15.0 Å². The van der Waals surface area contributed by atoms with E-state index in [0.29, 0.717) is 5.75 Å². The summed E-state index contributed by atoms with van der Waals surface area (Å²) in [5, 5.41) is 2.68. The van der Waals surface area contributed by atoms with Gasteiger partial charge in [0.2, 0.25) is 11.8 Å². The molecule has 8 nitrogen and oxygen atoms in total. The molecule has 1 atom stereocenters. The Bertz CT molecular complexity index is 1580. The smallest absolute Gasteiger partial charge is 0.264 e. The van der Waals surface area contributed by atoms with Crippen molar-refractivity contribution in [3.05, 3.63) is 125 Å². The molecule has 0 heterocycles. The van der Waals surface area contributed by atoms with Crippen LogP contribution in [0, 0.1) is 0 Å². The second-order valence-electron chi connectivity index (χ2n) is 9.49. The lowest BCUT2D eigenvalue weighted by Gasteiger charge is -2.33. The first-order valence-corrected chi connectivity index (χ1v) is 15.5. The number of anilines is 1. The molecule has 0 bridgehead atoms. The van der Waals surface area contributed by atoms with Crippen LogP contribution in [0.25, 0.3) is 0 Å². The number of methoxy groups -OCH3 is 1. The van der Waals surface area contributed by atoms with E-state index in [9.17, 15) is 18.0 Å². The van der Waals surface area contributed by atoms with Crippen molar-refractivity contribution in [2.45, 2.75) is 23.9 Å². The quantitative estimate of drug-likeness (QED) is 0.232. The molecule has 0 aliphatic heterocycles. The molecule has 42 heavy (non-hydrogen) atoms. The first kappa shape index (κ1) is 30.8. The van der Waals surface area contributed by atoms with Gasteiger partial charge in [-0.05, 0) is 59.7 Å². The van der Waals surface area contributed by atoms with Crippen molar-refractivity contribution in [2.75, 3.05) is 25.0 Å². The topological polar surface area (TPSA) is 96.0 Å². The lowest BCUT2D eigenvalue weighted by molar-refractivity contribution is -0.139. The molecule has 10 heteroatoms. The third kappa shape index (κ3) is 7.57. The van der Waals surface area contributed by atoms with E-state index in [1.54, 1.807) is 42.5 Å². The molecule has 4 aromatic rings. The van der Waals surface area contributed by atoms with Gasteiger partial charge in [-0.25, -0.2) is 8.42 Å². The van der Waals surface area contributed by atoms with Gasteiger partial charge in [-0.2, -0.15) is 0 Å². The molecule has 0 saturated heterocycles. The van der Waals surface area contributed by atoms with Crippen LogP contribution in [0.5, 0.6) is 5.75 Å². The van der Waals surface area contributed by atoms with E-state index in [-0.39, 0.29) is 29.5 Å². The Morgan fingerprint density at radius 2 is 1.43 bits per heavy atom. The maximum atomic E-state index is 14.3. The van der Waals surface area contributed by atoms with Gasteiger partial charge >= 0.3 is 0 Å². The molecule has 0 saturated carbocycles. The molecule has 4 aromatic carbocycles. The van der Waals surface area contributed by atoms with Crippen LogP contribution in [0.2, 0.25) is 0 Å². The van der Waals surface area contributed by atoms with E-state index >= 15 is 0 Å². The lowest BCUT2D eigenvalue weighted by Crippen LogP contribution is -2.53. The average molecular weight is 651 g/mol. The predicted octanol–water partition coefficient (Wildman–Crippen LogP) is 5.04. The Balaban J connectivity index is 1.77. The molecule has 0 aliphatic rings. The number of nitrogens with zero attached hydrogens (tertiary/aromatic N) is 2. The third-order valence-electron chi connectivity index (χ3n) is 6.75. The van der Waals surface area contributed by atoms with Gasteiger partial charge in [-0.3, -0.25) is 13.9 Å². The van der Waals surface area contributed by atoms with Crippen molar-refractivity contribution in [3.63, 3.8) is 0 Å². The Labute approximate surface area is 255 Å². The summed E-state index contributed by atoms with van der Waals surface area (Å²) in [5.74, 6) is -0.342. The van der Waals surface area contributed by atoms with Crippen molar-refractivity contribution >= 4 is 43.5 Å². The summed E-state index contributed by atoms with van der Waals surface area (Å²) in [7, 11) is -1.12. The number of benzene rings is 4. The maximum absolute atomic E-state index is 14.3. The number of nitrogens with one attached hydrogen (secondary N) is 1. The second-order valence-corrected chi connectivity index (χ2v) is 12.3. The zero-order chi connectivity index (χ0) is 30.1. The van der Waals surface area contributed by atoms with E-state index in [0.717, 1.165) is 19.9 Å². The van der Waals surface area contributed by atoms with Gasteiger partial charge in [0, 0.05) is 24.5 Å². The van der Waals surface area contributed by atoms with Gasteiger partial charge in [0.1, 0.15) is 18.3 Å². The van der Waals surface area contributed by atoms with Crippen molar-refractivity contribution in [1.29, 1.82) is 0 Å². The van der Waals surface area contributed by atoms with E-state index in [4.69, 9.17) is 4.74 Å². The van der Waals surface area contributed by atoms with Crippen LogP contribution < -0.4 is 14.4 Å². The van der Waals surface area contributed by atoms with Gasteiger partial charge in [0.05, 0.1) is 17.7 Å². The van der Waals surface area contributed by atoms with Crippen molar-refractivity contribution in [2.24, 2.45) is 0 Å². The van der Waals surface area contributed by atoms with Crippen LogP contribution >= 0.6 is 15.9 Å². The molecule has 2 amide bonds. The van der Waals surface area contributed by atoms with Crippen LogP contribution in [-0.2, 0) is 32.6 Å². The summed E-state index contributed by atoms with van der Waals surface area (Å²) in [6.07, 6.45) is 0.247. The number of rotatable bonds is 12. The van der Waals surface area contributed by atoms with Crippen molar-refractivity contribution in [1.82, 2.24) is 10.2 Å². The van der Waals surface area contributed by atoms with Crippen LogP contribution in [0.1, 0.15) is 11.1 Å². The number of ether oxygens (including phenoxy) is 1. The maximum Gasteiger partial charge on any atom is 0.264 e. The first-order valence-electron chi connectivity index (χ1n) is 13.2. The van der Waals surface area contributed by atoms with Gasteiger partial charge in [-0.15, -0.1) is 0 Å². The second kappa shape index (κ2) is 14.2. The standard InChI is InChI=1S/C32H32BrN3O5S/c1-34-32(38)30(21-24-9-5-3-6-10-24)35(22-25-13-15-26(33)16-14-25)31(37)23-36(27-17-19-28(41-2)20-18-27)42(39,40)29-11-7-4-8-12-29/h3-20,30H,21-23H2,1-2H3,(H,34,38). The third-order valence-corrected chi connectivity index (χ3v) is 9.07.